The van der Waals surface area contributed by atoms with Crippen LogP contribution in [0.25, 0.3) is 0 Å². The summed E-state index contributed by atoms with van der Waals surface area (Å²) in [5, 5.41) is 21.1. The molecule has 4 atom stereocenters. The molecular weight excluding hydrogens is 336 g/mol. The second-order valence-electron chi connectivity index (χ2n) is 10.5. The van der Waals surface area contributed by atoms with Crippen molar-refractivity contribution in [3.8, 4) is 0 Å². The van der Waals surface area contributed by atoms with Gasteiger partial charge in [0, 0.05) is 12.5 Å². The van der Waals surface area contributed by atoms with Crippen LogP contribution in [0.5, 0.6) is 0 Å². The molecule has 0 radical (unpaired) electrons. The largest absolute Gasteiger partial charge is 0.416 e. The molecule has 1 aliphatic rings. The molecule has 1 rings (SSSR count). The van der Waals surface area contributed by atoms with Crippen molar-refractivity contribution in [3.05, 3.63) is 0 Å². The third-order valence-corrected chi connectivity index (χ3v) is 15.5. The van der Waals surface area contributed by atoms with Crippen molar-refractivity contribution in [3.63, 3.8) is 0 Å². The lowest BCUT2D eigenvalue weighted by Crippen LogP contribution is -2.46. The third kappa shape index (κ3) is 4.92. The zero-order chi connectivity index (χ0) is 19.1. The SMILES string of the molecule is CC(C)(C)[Si](C)(C)OC[C@@H]1C[C@H](O[Si](C)(C)C(C)(C)C)[C@@H](O)[C@H]1O. The van der Waals surface area contributed by atoms with E-state index < -0.39 is 28.8 Å². The van der Waals surface area contributed by atoms with Gasteiger partial charge in [0.25, 0.3) is 0 Å². The Bertz CT molecular complexity index is 424. The number of aliphatic hydroxyl groups is 2. The molecule has 1 saturated carbocycles. The van der Waals surface area contributed by atoms with E-state index in [1.165, 1.54) is 0 Å². The Labute approximate surface area is 151 Å². The molecule has 2 N–H and O–H groups in total. The van der Waals surface area contributed by atoms with E-state index in [-0.39, 0.29) is 22.1 Å². The molecule has 0 saturated heterocycles. The molecular formula is C18H40O4Si2. The highest BCUT2D eigenvalue weighted by atomic mass is 28.4. The fourth-order valence-corrected chi connectivity index (χ4v) is 4.86. The van der Waals surface area contributed by atoms with Crippen LogP contribution in [0.4, 0.5) is 0 Å². The van der Waals surface area contributed by atoms with Crippen molar-refractivity contribution in [2.75, 3.05) is 6.61 Å². The molecule has 0 heterocycles. The van der Waals surface area contributed by atoms with Gasteiger partial charge in [-0.05, 0) is 42.7 Å². The molecule has 0 amide bonds. The van der Waals surface area contributed by atoms with E-state index in [4.69, 9.17) is 8.85 Å². The molecule has 1 aliphatic carbocycles. The van der Waals surface area contributed by atoms with Crippen LogP contribution < -0.4 is 0 Å². The van der Waals surface area contributed by atoms with E-state index in [2.05, 4.69) is 67.7 Å². The maximum absolute atomic E-state index is 10.4. The second-order valence-corrected chi connectivity index (χ2v) is 20.0. The molecule has 0 spiro atoms. The lowest BCUT2D eigenvalue weighted by atomic mass is 10.1. The Morgan fingerprint density at radius 3 is 1.71 bits per heavy atom. The van der Waals surface area contributed by atoms with Gasteiger partial charge in [-0.15, -0.1) is 0 Å². The summed E-state index contributed by atoms with van der Waals surface area (Å²) in [5.41, 5.74) is 0. The van der Waals surface area contributed by atoms with Gasteiger partial charge in [0.05, 0.1) is 12.2 Å². The summed E-state index contributed by atoms with van der Waals surface area (Å²) in [6.07, 6.45) is -1.19. The van der Waals surface area contributed by atoms with Crippen molar-refractivity contribution in [1.82, 2.24) is 0 Å². The van der Waals surface area contributed by atoms with Gasteiger partial charge in [-0.25, -0.2) is 0 Å². The molecule has 0 aromatic carbocycles. The summed E-state index contributed by atoms with van der Waals surface area (Å²) in [6, 6.07) is 0. The number of rotatable bonds is 5. The summed E-state index contributed by atoms with van der Waals surface area (Å²) in [7, 11) is -3.81. The Balaban J connectivity index is 2.72. The third-order valence-electron chi connectivity index (χ3n) is 6.47. The average molecular weight is 377 g/mol. The van der Waals surface area contributed by atoms with E-state index in [9.17, 15) is 10.2 Å². The molecule has 4 nitrogen and oxygen atoms in total. The molecule has 0 bridgehead atoms. The first-order chi connectivity index (χ1) is 10.5. The molecule has 144 valence electrons. The summed E-state index contributed by atoms with van der Waals surface area (Å²) in [4.78, 5) is 0. The van der Waals surface area contributed by atoms with Crippen LogP contribution in [0.3, 0.4) is 0 Å². The van der Waals surface area contributed by atoms with Crippen LogP contribution >= 0.6 is 0 Å². The molecule has 6 heteroatoms. The quantitative estimate of drug-likeness (QED) is 0.708. The Hall–Kier alpha value is 0.274. The van der Waals surface area contributed by atoms with Gasteiger partial charge in [0.15, 0.2) is 16.6 Å². The van der Waals surface area contributed by atoms with Crippen LogP contribution in [0.15, 0.2) is 0 Å². The maximum Gasteiger partial charge on any atom is 0.192 e. The second kappa shape index (κ2) is 7.12. The molecule has 0 aromatic heterocycles. The first kappa shape index (κ1) is 22.3. The zero-order valence-corrected chi connectivity index (χ0v) is 19.4. The highest BCUT2D eigenvalue weighted by molar-refractivity contribution is 6.74. The van der Waals surface area contributed by atoms with Crippen molar-refractivity contribution < 1.29 is 19.1 Å². The molecule has 1 fully saturated rings. The van der Waals surface area contributed by atoms with E-state index in [0.717, 1.165) is 0 Å². The molecule has 24 heavy (non-hydrogen) atoms. The van der Waals surface area contributed by atoms with Gasteiger partial charge >= 0.3 is 0 Å². The maximum atomic E-state index is 10.4. The van der Waals surface area contributed by atoms with Gasteiger partial charge in [-0.3, -0.25) is 0 Å². The topological polar surface area (TPSA) is 58.9 Å². The summed E-state index contributed by atoms with van der Waals surface area (Å²) in [5.74, 6) is -0.0520. The van der Waals surface area contributed by atoms with Crippen molar-refractivity contribution in [2.24, 2.45) is 5.92 Å². The monoisotopic (exact) mass is 376 g/mol. The lowest BCUT2D eigenvalue weighted by molar-refractivity contribution is -0.0261. The van der Waals surface area contributed by atoms with E-state index >= 15 is 0 Å². The lowest BCUT2D eigenvalue weighted by Gasteiger charge is -2.39. The number of aliphatic hydroxyl groups excluding tert-OH is 2. The molecule has 0 aliphatic heterocycles. The number of hydrogen-bond donors (Lipinski definition) is 2. The summed E-state index contributed by atoms with van der Waals surface area (Å²) >= 11 is 0. The molecule has 0 aromatic rings. The van der Waals surface area contributed by atoms with Crippen LogP contribution in [-0.4, -0.2) is 51.8 Å². The van der Waals surface area contributed by atoms with Gasteiger partial charge < -0.3 is 19.1 Å². The fraction of sp³-hybridized carbons (Fsp3) is 1.00. The minimum Gasteiger partial charge on any atom is -0.416 e. The van der Waals surface area contributed by atoms with Gasteiger partial charge in [-0.2, -0.15) is 0 Å². The fourth-order valence-electron chi connectivity index (χ4n) is 2.45. The summed E-state index contributed by atoms with van der Waals surface area (Å²) < 4.78 is 12.6. The molecule has 0 unspecified atom stereocenters. The van der Waals surface area contributed by atoms with E-state index in [1.807, 2.05) is 0 Å². The van der Waals surface area contributed by atoms with Gasteiger partial charge in [0.2, 0.25) is 0 Å². The first-order valence-corrected chi connectivity index (χ1v) is 15.0. The average Bonchev–Trinajstić information content (AvgIpc) is 2.61. The standard InChI is InChI=1S/C18H40O4Si2/c1-17(2,3)23(7,8)21-12-13-11-14(16(20)15(13)19)22-24(9,10)18(4,5)6/h13-16,19-20H,11-12H2,1-10H3/t13-,14-,15-,16+/m0/s1. The zero-order valence-electron chi connectivity index (χ0n) is 17.4. The van der Waals surface area contributed by atoms with Gasteiger partial charge in [0.1, 0.15) is 6.10 Å². The Morgan fingerprint density at radius 1 is 0.833 bits per heavy atom. The smallest absolute Gasteiger partial charge is 0.192 e. The Morgan fingerprint density at radius 2 is 1.29 bits per heavy atom. The predicted molar refractivity (Wildman–Crippen MR) is 105 cm³/mol. The van der Waals surface area contributed by atoms with E-state index in [0.29, 0.717) is 13.0 Å². The Kier molecular flexibility index (Phi) is 6.62. The summed E-state index contributed by atoms with van der Waals surface area (Å²) in [6.45, 7) is 22.5. The minimum atomic E-state index is -1.96. The normalized spacial score (nSPS) is 30.0. The van der Waals surface area contributed by atoms with Crippen molar-refractivity contribution in [1.29, 1.82) is 0 Å². The highest BCUT2D eigenvalue weighted by Gasteiger charge is 2.48. The first-order valence-electron chi connectivity index (χ1n) is 9.17. The minimum absolute atomic E-state index is 0.0520. The van der Waals surface area contributed by atoms with Crippen LogP contribution in [-0.2, 0) is 8.85 Å². The van der Waals surface area contributed by atoms with Crippen LogP contribution in [0, 0.1) is 5.92 Å². The van der Waals surface area contributed by atoms with Crippen molar-refractivity contribution >= 4 is 16.6 Å². The number of hydrogen-bond acceptors (Lipinski definition) is 4. The van der Waals surface area contributed by atoms with Crippen molar-refractivity contribution in [2.45, 2.75) is 103 Å². The van der Waals surface area contributed by atoms with Gasteiger partial charge in [-0.1, -0.05) is 41.5 Å². The van der Waals surface area contributed by atoms with Crippen LogP contribution in [0.1, 0.15) is 48.0 Å². The van der Waals surface area contributed by atoms with Crippen LogP contribution in [0.2, 0.25) is 36.3 Å². The van der Waals surface area contributed by atoms with E-state index in [1.54, 1.807) is 0 Å². The predicted octanol–water partition coefficient (Wildman–Crippen LogP) is 4.14. The highest BCUT2D eigenvalue weighted by Crippen LogP contribution is 2.42.